The standard InChI is InChI=1S/C12H12Cl2N2O2S2/c1-16(7-8-5-6-11(14)19-8)20(17,18)12-9(13)3-2-4-10(12)15/h2-6H,7,15H2,1H3. The molecule has 2 aromatic rings. The third-order valence-electron chi connectivity index (χ3n) is 2.67. The molecule has 4 nitrogen and oxygen atoms in total. The average molecular weight is 351 g/mol. The van der Waals surface area contributed by atoms with Crippen LogP contribution >= 0.6 is 34.5 Å². The lowest BCUT2D eigenvalue weighted by Gasteiger charge is -2.18. The molecule has 2 rings (SSSR count). The van der Waals surface area contributed by atoms with Crippen LogP contribution in [0.25, 0.3) is 0 Å². The van der Waals surface area contributed by atoms with Crippen molar-refractivity contribution in [3.63, 3.8) is 0 Å². The van der Waals surface area contributed by atoms with Gasteiger partial charge in [-0.05, 0) is 24.3 Å². The molecular weight excluding hydrogens is 339 g/mol. The number of hydrogen-bond acceptors (Lipinski definition) is 4. The van der Waals surface area contributed by atoms with Gasteiger partial charge in [0.2, 0.25) is 10.0 Å². The van der Waals surface area contributed by atoms with Crippen LogP contribution in [0.5, 0.6) is 0 Å². The second-order valence-electron chi connectivity index (χ2n) is 4.13. The summed E-state index contributed by atoms with van der Waals surface area (Å²) >= 11 is 13.1. The van der Waals surface area contributed by atoms with Gasteiger partial charge in [-0.25, -0.2) is 8.42 Å². The summed E-state index contributed by atoms with van der Waals surface area (Å²) in [6, 6.07) is 8.13. The summed E-state index contributed by atoms with van der Waals surface area (Å²) in [7, 11) is -2.27. The summed E-state index contributed by atoms with van der Waals surface area (Å²) < 4.78 is 26.9. The first-order chi connectivity index (χ1) is 9.32. The van der Waals surface area contributed by atoms with Gasteiger partial charge in [0.05, 0.1) is 15.0 Å². The first kappa shape index (κ1) is 15.6. The van der Waals surface area contributed by atoms with Crippen molar-refractivity contribution in [2.45, 2.75) is 11.4 Å². The van der Waals surface area contributed by atoms with Gasteiger partial charge in [-0.2, -0.15) is 4.31 Å². The second kappa shape index (κ2) is 5.91. The number of anilines is 1. The summed E-state index contributed by atoms with van der Waals surface area (Å²) in [5.74, 6) is 0. The molecule has 0 aliphatic rings. The normalized spacial score (nSPS) is 12.0. The molecular formula is C12H12Cl2N2O2S2. The van der Waals surface area contributed by atoms with Crippen LogP contribution in [0, 0.1) is 0 Å². The molecule has 0 bridgehead atoms. The number of nitrogens with zero attached hydrogens (tertiary/aromatic N) is 1. The lowest BCUT2D eigenvalue weighted by atomic mass is 10.3. The van der Waals surface area contributed by atoms with E-state index in [1.165, 1.54) is 34.8 Å². The van der Waals surface area contributed by atoms with Gasteiger partial charge in [0, 0.05) is 18.5 Å². The van der Waals surface area contributed by atoms with Gasteiger partial charge in [-0.1, -0.05) is 29.3 Å². The van der Waals surface area contributed by atoms with Crippen molar-refractivity contribution in [2.75, 3.05) is 12.8 Å². The Morgan fingerprint density at radius 3 is 2.50 bits per heavy atom. The molecule has 0 saturated heterocycles. The van der Waals surface area contributed by atoms with Crippen LogP contribution in [0.2, 0.25) is 9.36 Å². The molecule has 1 aromatic carbocycles. The molecule has 2 N–H and O–H groups in total. The quantitative estimate of drug-likeness (QED) is 0.858. The number of sulfonamides is 1. The molecule has 0 unspecified atom stereocenters. The predicted molar refractivity (Wildman–Crippen MR) is 83.8 cm³/mol. The number of rotatable bonds is 4. The van der Waals surface area contributed by atoms with Crippen molar-refractivity contribution in [3.05, 3.63) is 44.6 Å². The maximum absolute atomic E-state index is 12.5. The smallest absolute Gasteiger partial charge is 0.246 e. The Kier molecular flexibility index (Phi) is 4.61. The highest BCUT2D eigenvalue weighted by molar-refractivity contribution is 7.89. The Bertz CT molecular complexity index is 709. The van der Waals surface area contributed by atoms with Gasteiger partial charge in [0.1, 0.15) is 4.90 Å². The molecule has 1 aromatic heterocycles. The second-order valence-corrected chi connectivity index (χ2v) is 8.31. The van der Waals surface area contributed by atoms with E-state index in [0.29, 0.717) is 4.34 Å². The van der Waals surface area contributed by atoms with Crippen LogP contribution in [0.4, 0.5) is 5.69 Å². The minimum atomic E-state index is -3.75. The Labute approximate surface area is 131 Å². The predicted octanol–water partition coefficient (Wildman–Crippen LogP) is 3.46. The zero-order valence-electron chi connectivity index (χ0n) is 10.5. The fourth-order valence-corrected chi connectivity index (χ4v) is 4.69. The van der Waals surface area contributed by atoms with Crippen LogP contribution in [0.3, 0.4) is 0 Å². The third-order valence-corrected chi connectivity index (χ3v) is 6.24. The van der Waals surface area contributed by atoms with Gasteiger partial charge in [0.15, 0.2) is 0 Å². The van der Waals surface area contributed by atoms with Gasteiger partial charge in [0.25, 0.3) is 0 Å². The lowest BCUT2D eigenvalue weighted by Crippen LogP contribution is -2.27. The average Bonchev–Trinajstić information content (AvgIpc) is 2.74. The monoisotopic (exact) mass is 350 g/mol. The van der Waals surface area contributed by atoms with Gasteiger partial charge < -0.3 is 5.73 Å². The van der Waals surface area contributed by atoms with E-state index in [1.54, 1.807) is 18.2 Å². The van der Waals surface area contributed by atoms with Gasteiger partial charge in [-0.15, -0.1) is 11.3 Å². The first-order valence-electron chi connectivity index (χ1n) is 5.57. The van der Waals surface area contributed by atoms with Crippen molar-refractivity contribution in [1.82, 2.24) is 4.31 Å². The minimum Gasteiger partial charge on any atom is -0.398 e. The van der Waals surface area contributed by atoms with Crippen LogP contribution in [0.1, 0.15) is 4.88 Å². The largest absolute Gasteiger partial charge is 0.398 e. The molecule has 0 spiro atoms. The van der Waals surface area contributed by atoms with Crippen molar-refractivity contribution < 1.29 is 8.42 Å². The summed E-state index contributed by atoms with van der Waals surface area (Å²) in [4.78, 5) is 0.776. The maximum atomic E-state index is 12.5. The Morgan fingerprint density at radius 1 is 1.25 bits per heavy atom. The molecule has 0 amide bonds. The van der Waals surface area contributed by atoms with Crippen LogP contribution in [0.15, 0.2) is 35.2 Å². The maximum Gasteiger partial charge on any atom is 0.246 e. The van der Waals surface area contributed by atoms with E-state index in [-0.39, 0.29) is 22.2 Å². The van der Waals surface area contributed by atoms with Crippen molar-refractivity contribution >= 4 is 50.2 Å². The Hall–Kier alpha value is -0.790. The highest BCUT2D eigenvalue weighted by Gasteiger charge is 2.26. The molecule has 0 atom stereocenters. The van der Waals surface area contributed by atoms with Gasteiger partial charge >= 0.3 is 0 Å². The van der Waals surface area contributed by atoms with E-state index >= 15 is 0 Å². The van der Waals surface area contributed by atoms with E-state index in [1.807, 2.05) is 0 Å². The van der Waals surface area contributed by atoms with Crippen LogP contribution in [-0.4, -0.2) is 19.8 Å². The molecule has 0 aliphatic carbocycles. The van der Waals surface area contributed by atoms with Crippen molar-refractivity contribution in [2.24, 2.45) is 0 Å². The molecule has 0 saturated carbocycles. The number of thiophene rings is 1. The molecule has 8 heteroatoms. The molecule has 108 valence electrons. The third kappa shape index (κ3) is 3.10. The summed E-state index contributed by atoms with van der Waals surface area (Å²) in [5, 5.41) is 0.112. The van der Waals surface area contributed by atoms with E-state index in [9.17, 15) is 8.42 Å². The molecule has 0 radical (unpaired) electrons. The topological polar surface area (TPSA) is 63.4 Å². The number of nitrogen functional groups attached to an aromatic ring is 1. The summed E-state index contributed by atoms with van der Waals surface area (Å²) in [5.41, 5.74) is 5.87. The van der Waals surface area contributed by atoms with E-state index in [4.69, 9.17) is 28.9 Å². The summed E-state index contributed by atoms with van der Waals surface area (Å²) in [6.45, 7) is 0.213. The summed E-state index contributed by atoms with van der Waals surface area (Å²) in [6.07, 6.45) is 0. The van der Waals surface area contributed by atoms with E-state index in [2.05, 4.69) is 0 Å². The minimum absolute atomic E-state index is 0.0631. The number of hydrogen-bond donors (Lipinski definition) is 1. The highest BCUT2D eigenvalue weighted by Crippen LogP contribution is 2.31. The molecule has 1 heterocycles. The number of nitrogens with two attached hydrogens (primary N) is 1. The first-order valence-corrected chi connectivity index (χ1v) is 8.58. The van der Waals surface area contributed by atoms with E-state index < -0.39 is 10.0 Å². The molecule has 0 aliphatic heterocycles. The Balaban J connectivity index is 2.35. The fourth-order valence-electron chi connectivity index (χ4n) is 1.69. The SMILES string of the molecule is CN(Cc1ccc(Cl)s1)S(=O)(=O)c1c(N)cccc1Cl. The van der Waals surface area contributed by atoms with Crippen LogP contribution < -0.4 is 5.73 Å². The fraction of sp³-hybridized carbons (Fsp3) is 0.167. The van der Waals surface area contributed by atoms with Crippen molar-refractivity contribution in [3.8, 4) is 0 Å². The highest BCUT2D eigenvalue weighted by atomic mass is 35.5. The zero-order chi connectivity index (χ0) is 14.9. The number of halogens is 2. The van der Waals surface area contributed by atoms with Gasteiger partial charge in [-0.3, -0.25) is 0 Å². The molecule has 20 heavy (non-hydrogen) atoms. The zero-order valence-corrected chi connectivity index (χ0v) is 13.7. The van der Waals surface area contributed by atoms with Crippen LogP contribution in [-0.2, 0) is 16.6 Å². The number of benzene rings is 1. The van der Waals surface area contributed by atoms with E-state index in [0.717, 1.165) is 4.88 Å². The van der Waals surface area contributed by atoms with Crippen molar-refractivity contribution in [1.29, 1.82) is 0 Å². The lowest BCUT2D eigenvalue weighted by molar-refractivity contribution is 0.470. The Morgan fingerprint density at radius 2 is 1.95 bits per heavy atom. The molecule has 0 fully saturated rings.